The number of carbonyl (C=O) groups is 2. The van der Waals surface area contributed by atoms with Gasteiger partial charge in [-0.05, 0) is 51.0 Å². The molecule has 0 aliphatic rings. The Morgan fingerprint density at radius 2 is 1.46 bits per heavy atom. The van der Waals surface area contributed by atoms with Crippen LogP contribution in [-0.4, -0.2) is 34.0 Å². The molecule has 0 aromatic heterocycles. The van der Waals surface area contributed by atoms with Crippen LogP contribution in [0.3, 0.4) is 0 Å². The van der Waals surface area contributed by atoms with Gasteiger partial charge in [0.1, 0.15) is 6.04 Å². The minimum absolute atomic E-state index is 0.0148. The van der Waals surface area contributed by atoms with E-state index in [1.165, 1.54) is 0 Å². The number of aryl methyl sites for hydroxylation is 1. The molecule has 0 saturated heterocycles. The maximum Gasteiger partial charge on any atom is 0.243 e. The molecule has 0 bridgehead atoms. The molecule has 0 fully saturated rings. The van der Waals surface area contributed by atoms with Gasteiger partial charge in [0.2, 0.25) is 11.8 Å². The molecule has 5 heteroatoms. The van der Waals surface area contributed by atoms with Gasteiger partial charge < -0.3 is 10.2 Å². The second-order valence-corrected chi connectivity index (χ2v) is 11.0. The van der Waals surface area contributed by atoms with Crippen molar-refractivity contribution in [3.8, 4) is 0 Å². The van der Waals surface area contributed by atoms with E-state index in [1.807, 2.05) is 113 Å². The summed E-state index contributed by atoms with van der Waals surface area (Å²) in [6.07, 6.45) is 0.825. The smallest absolute Gasteiger partial charge is 0.243 e. The van der Waals surface area contributed by atoms with Crippen LogP contribution in [0.25, 0.3) is 0 Å². The molecular weight excluding hydrogens is 452 g/mol. The summed E-state index contributed by atoms with van der Waals surface area (Å²) in [5.74, 6) is 0.517. The molecule has 3 aromatic carbocycles. The molecule has 2 amide bonds. The molecule has 0 spiro atoms. The molecule has 0 unspecified atom stereocenters. The van der Waals surface area contributed by atoms with E-state index in [0.717, 1.165) is 21.6 Å². The fraction of sp³-hybridized carbons (Fsp3) is 0.333. The topological polar surface area (TPSA) is 49.4 Å². The molecule has 0 aliphatic heterocycles. The summed E-state index contributed by atoms with van der Waals surface area (Å²) in [6.45, 7) is 8.33. The Hall–Kier alpha value is -3.05. The zero-order chi connectivity index (χ0) is 25.3. The second kappa shape index (κ2) is 12.6. The number of rotatable bonds is 10. The molecular formula is C30H36N2O2S. The van der Waals surface area contributed by atoms with E-state index in [-0.39, 0.29) is 11.8 Å². The van der Waals surface area contributed by atoms with Crippen molar-refractivity contribution in [1.82, 2.24) is 10.2 Å². The third kappa shape index (κ3) is 8.91. The van der Waals surface area contributed by atoms with Crippen LogP contribution in [0, 0.1) is 6.92 Å². The highest BCUT2D eigenvalue weighted by molar-refractivity contribution is 7.99. The summed E-state index contributed by atoms with van der Waals surface area (Å²) in [7, 11) is 0. The minimum atomic E-state index is -0.604. The zero-order valence-electron chi connectivity index (χ0n) is 21.2. The third-order valence-corrected chi connectivity index (χ3v) is 6.58. The molecule has 3 rings (SSSR count). The van der Waals surface area contributed by atoms with Gasteiger partial charge in [0.25, 0.3) is 0 Å². The number of thioether (sulfide) groups is 1. The van der Waals surface area contributed by atoms with Crippen molar-refractivity contribution in [3.05, 3.63) is 102 Å². The molecule has 0 heterocycles. The largest absolute Gasteiger partial charge is 0.350 e. The van der Waals surface area contributed by atoms with Gasteiger partial charge in [0.15, 0.2) is 0 Å². The monoisotopic (exact) mass is 488 g/mol. The van der Waals surface area contributed by atoms with Crippen molar-refractivity contribution in [2.45, 2.75) is 63.6 Å². The van der Waals surface area contributed by atoms with Crippen LogP contribution in [0.5, 0.6) is 0 Å². The molecule has 1 atom stereocenters. The highest BCUT2D eigenvalue weighted by Crippen LogP contribution is 2.21. The van der Waals surface area contributed by atoms with Crippen LogP contribution in [0.4, 0.5) is 0 Å². The number of amides is 2. The quantitative estimate of drug-likeness (QED) is 0.354. The first-order chi connectivity index (χ1) is 16.7. The Balaban J connectivity index is 1.86. The highest BCUT2D eigenvalue weighted by atomic mass is 32.2. The van der Waals surface area contributed by atoms with E-state index < -0.39 is 11.6 Å². The molecule has 3 aromatic rings. The van der Waals surface area contributed by atoms with Crippen molar-refractivity contribution in [2.75, 3.05) is 5.75 Å². The third-order valence-electron chi connectivity index (χ3n) is 5.57. The summed E-state index contributed by atoms with van der Waals surface area (Å²) < 4.78 is 0. The van der Waals surface area contributed by atoms with Crippen LogP contribution in [0.1, 0.15) is 43.9 Å². The fourth-order valence-corrected chi connectivity index (χ4v) is 4.68. The average molecular weight is 489 g/mol. The highest BCUT2D eigenvalue weighted by Gasteiger charge is 2.32. The van der Waals surface area contributed by atoms with Gasteiger partial charge in [-0.1, -0.05) is 78.4 Å². The van der Waals surface area contributed by atoms with Gasteiger partial charge >= 0.3 is 0 Å². The van der Waals surface area contributed by atoms with Crippen LogP contribution >= 0.6 is 11.8 Å². The first kappa shape index (κ1) is 26.6. The number of hydrogen-bond donors (Lipinski definition) is 1. The number of nitrogens with zero attached hydrogens (tertiary/aromatic N) is 1. The maximum absolute atomic E-state index is 13.6. The van der Waals surface area contributed by atoms with E-state index in [9.17, 15) is 9.59 Å². The van der Waals surface area contributed by atoms with Gasteiger partial charge in [-0.15, -0.1) is 11.8 Å². The van der Waals surface area contributed by atoms with Crippen LogP contribution in [-0.2, 0) is 22.6 Å². The molecule has 1 N–H and O–H groups in total. The lowest BCUT2D eigenvalue weighted by atomic mass is 10.0. The molecule has 0 aliphatic carbocycles. The Labute approximate surface area is 214 Å². The number of nitrogens with one attached hydrogen (secondary N) is 1. The Morgan fingerprint density at radius 1 is 0.857 bits per heavy atom. The predicted octanol–water partition coefficient (Wildman–Crippen LogP) is 6.03. The normalized spacial score (nSPS) is 12.1. The average Bonchev–Trinajstić information content (AvgIpc) is 2.82. The molecule has 35 heavy (non-hydrogen) atoms. The van der Waals surface area contributed by atoms with Crippen molar-refractivity contribution in [2.24, 2.45) is 0 Å². The number of benzene rings is 3. The maximum atomic E-state index is 13.6. The lowest BCUT2D eigenvalue weighted by molar-refractivity contribution is -0.141. The molecule has 0 radical (unpaired) electrons. The summed E-state index contributed by atoms with van der Waals surface area (Å²) in [5, 5.41) is 3.11. The van der Waals surface area contributed by atoms with E-state index in [2.05, 4.69) is 5.32 Å². The Morgan fingerprint density at radius 3 is 2.06 bits per heavy atom. The van der Waals surface area contributed by atoms with Gasteiger partial charge in [-0.3, -0.25) is 9.59 Å². The number of hydrogen-bond acceptors (Lipinski definition) is 3. The fourth-order valence-electron chi connectivity index (χ4n) is 3.81. The van der Waals surface area contributed by atoms with Gasteiger partial charge in [0, 0.05) is 35.6 Å². The first-order valence-electron chi connectivity index (χ1n) is 12.1. The summed E-state index contributed by atoms with van der Waals surface area (Å²) >= 11 is 1.66. The second-order valence-electron chi connectivity index (χ2n) is 9.86. The van der Waals surface area contributed by atoms with Crippen molar-refractivity contribution >= 4 is 23.6 Å². The van der Waals surface area contributed by atoms with Crippen molar-refractivity contribution in [1.29, 1.82) is 0 Å². The van der Waals surface area contributed by atoms with Gasteiger partial charge in [-0.25, -0.2) is 0 Å². The summed E-state index contributed by atoms with van der Waals surface area (Å²) in [5.41, 5.74) is 2.81. The van der Waals surface area contributed by atoms with Crippen LogP contribution in [0.15, 0.2) is 89.8 Å². The van der Waals surface area contributed by atoms with Crippen LogP contribution < -0.4 is 5.32 Å². The zero-order valence-corrected chi connectivity index (χ0v) is 22.0. The SMILES string of the molecule is Cc1ccc(CN(C(=O)CCSc2ccccc2)[C@H](Cc2ccccc2)C(=O)NC(C)(C)C)cc1. The lowest BCUT2D eigenvalue weighted by Gasteiger charge is -2.34. The molecule has 4 nitrogen and oxygen atoms in total. The van der Waals surface area contributed by atoms with E-state index >= 15 is 0 Å². The van der Waals surface area contributed by atoms with Gasteiger partial charge in [-0.2, -0.15) is 0 Å². The van der Waals surface area contributed by atoms with Crippen LogP contribution in [0.2, 0.25) is 0 Å². The van der Waals surface area contributed by atoms with E-state index in [1.54, 1.807) is 16.7 Å². The minimum Gasteiger partial charge on any atom is -0.350 e. The summed E-state index contributed by atoms with van der Waals surface area (Å²) in [6, 6.07) is 27.6. The summed E-state index contributed by atoms with van der Waals surface area (Å²) in [4.78, 5) is 30.1. The van der Waals surface area contributed by atoms with Crippen molar-refractivity contribution < 1.29 is 9.59 Å². The Bertz CT molecular complexity index is 1080. The van der Waals surface area contributed by atoms with Gasteiger partial charge in [0.05, 0.1) is 0 Å². The van der Waals surface area contributed by atoms with E-state index in [0.29, 0.717) is 25.1 Å². The number of carbonyl (C=O) groups excluding carboxylic acids is 2. The van der Waals surface area contributed by atoms with Crippen molar-refractivity contribution in [3.63, 3.8) is 0 Å². The molecule has 0 saturated carbocycles. The van der Waals surface area contributed by atoms with E-state index in [4.69, 9.17) is 0 Å². The Kier molecular flexibility index (Phi) is 9.55. The first-order valence-corrected chi connectivity index (χ1v) is 13.1. The molecule has 184 valence electrons. The predicted molar refractivity (Wildman–Crippen MR) is 145 cm³/mol. The standard InChI is InChI=1S/C30H36N2O2S/c1-23-15-17-25(18-16-23)22-32(28(33)19-20-35-26-13-9-6-10-14-26)27(29(34)31-30(2,3)4)21-24-11-7-5-8-12-24/h5-18,27H,19-22H2,1-4H3,(H,31,34)/t27-/m1/s1. The lowest BCUT2D eigenvalue weighted by Crippen LogP contribution is -2.54.